The summed E-state index contributed by atoms with van der Waals surface area (Å²) >= 11 is 5.58. The van der Waals surface area contributed by atoms with Crippen LogP contribution in [0.2, 0.25) is 0 Å². The number of carbonyl (C=O) groups is 1. The minimum Gasteiger partial charge on any atom is -0.347 e. The zero-order valence-electron chi connectivity index (χ0n) is 9.54. The molecule has 0 aliphatic heterocycles. The van der Waals surface area contributed by atoms with E-state index < -0.39 is 0 Å². The number of fused-ring (bicyclic) bond motifs is 1. The summed E-state index contributed by atoms with van der Waals surface area (Å²) in [4.78, 5) is 11.9. The third-order valence-corrected chi connectivity index (χ3v) is 2.69. The van der Waals surface area contributed by atoms with Gasteiger partial charge in [0.25, 0.3) is 5.91 Å². The number of carbonyl (C=O) groups excluding carboxylic acids is 1. The number of amides is 1. The maximum Gasteiger partial charge on any atom is 0.252 e. The first-order valence-corrected chi connectivity index (χ1v) is 5.76. The SMILES string of the molecule is C=C(Cl)CNC(=O)c1ccc(F)c2ccccc12. The Balaban J connectivity index is 2.42. The predicted molar refractivity (Wildman–Crippen MR) is 71.2 cm³/mol. The molecule has 0 radical (unpaired) electrons. The number of benzene rings is 2. The van der Waals surface area contributed by atoms with Crippen LogP contribution in [0.4, 0.5) is 4.39 Å². The number of hydrogen-bond donors (Lipinski definition) is 1. The molecule has 1 amide bonds. The molecule has 2 aromatic carbocycles. The molecule has 0 fully saturated rings. The first-order valence-electron chi connectivity index (χ1n) is 5.38. The largest absolute Gasteiger partial charge is 0.347 e. The molecule has 4 heteroatoms. The molecule has 0 aliphatic rings. The Kier molecular flexibility index (Phi) is 3.63. The van der Waals surface area contributed by atoms with Crippen molar-refractivity contribution in [3.05, 3.63) is 59.4 Å². The fraction of sp³-hybridized carbons (Fsp3) is 0.0714. The highest BCUT2D eigenvalue weighted by Gasteiger charge is 2.11. The molecule has 0 saturated carbocycles. The van der Waals surface area contributed by atoms with Crippen LogP contribution in [0.25, 0.3) is 10.8 Å². The van der Waals surface area contributed by atoms with Crippen molar-refractivity contribution in [3.8, 4) is 0 Å². The lowest BCUT2D eigenvalue weighted by molar-refractivity contribution is 0.0959. The average molecular weight is 264 g/mol. The minimum atomic E-state index is -0.344. The average Bonchev–Trinajstić information content (AvgIpc) is 2.37. The van der Waals surface area contributed by atoms with Crippen molar-refractivity contribution in [2.24, 2.45) is 0 Å². The molecule has 2 nitrogen and oxygen atoms in total. The molecule has 0 bridgehead atoms. The summed E-state index contributed by atoms with van der Waals surface area (Å²) in [6.45, 7) is 3.67. The third kappa shape index (κ3) is 2.51. The highest BCUT2D eigenvalue weighted by Crippen LogP contribution is 2.21. The number of hydrogen-bond acceptors (Lipinski definition) is 1. The molecule has 18 heavy (non-hydrogen) atoms. The number of rotatable bonds is 3. The predicted octanol–water partition coefficient (Wildman–Crippen LogP) is 3.46. The number of halogens is 2. The van der Waals surface area contributed by atoms with E-state index in [-0.39, 0.29) is 18.3 Å². The zero-order valence-corrected chi connectivity index (χ0v) is 10.3. The molecule has 0 unspecified atom stereocenters. The van der Waals surface area contributed by atoms with E-state index in [4.69, 9.17) is 11.6 Å². The van der Waals surface area contributed by atoms with Crippen LogP contribution in [-0.4, -0.2) is 12.5 Å². The van der Waals surface area contributed by atoms with Crippen LogP contribution in [0.1, 0.15) is 10.4 Å². The van der Waals surface area contributed by atoms with Gasteiger partial charge in [0.1, 0.15) is 5.82 Å². The van der Waals surface area contributed by atoms with E-state index in [1.165, 1.54) is 12.1 Å². The van der Waals surface area contributed by atoms with E-state index in [9.17, 15) is 9.18 Å². The van der Waals surface area contributed by atoms with Gasteiger partial charge in [-0.25, -0.2) is 4.39 Å². The molecule has 0 heterocycles. The fourth-order valence-corrected chi connectivity index (χ4v) is 1.80. The second-order valence-corrected chi connectivity index (χ2v) is 4.37. The maximum absolute atomic E-state index is 13.6. The molecular formula is C14H11ClFNO. The van der Waals surface area contributed by atoms with Gasteiger partial charge >= 0.3 is 0 Å². The fourth-order valence-electron chi connectivity index (χ4n) is 1.73. The van der Waals surface area contributed by atoms with Crippen LogP contribution in [-0.2, 0) is 0 Å². The quantitative estimate of drug-likeness (QED) is 0.903. The Hall–Kier alpha value is -1.87. The maximum atomic E-state index is 13.6. The van der Waals surface area contributed by atoms with Crippen molar-refractivity contribution in [2.75, 3.05) is 6.54 Å². The van der Waals surface area contributed by atoms with E-state index in [1.807, 2.05) is 0 Å². The summed E-state index contributed by atoms with van der Waals surface area (Å²) in [6.07, 6.45) is 0. The third-order valence-electron chi connectivity index (χ3n) is 2.56. The molecule has 92 valence electrons. The van der Waals surface area contributed by atoms with Crippen molar-refractivity contribution < 1.29 is 9.18 Å². The molecule has 0 saturated heterocycles. The minimum absolute atomic E-state index is 0.187. The van der Waals surface area contributed by atoms with Crippen LogP contribution in [0.3, 0.4) is 0 Å². The summed E-state index contributed by atoms with van der Waals surface area (Å²) in [6, 6.07) is 9.59. The standard InChI is InChI=1S/C14H11ClFNO/c1-9(15)8-17-14(18)12-6-7-13(16)11-5-3-2-4-10(11)12/h2-7H,1,8H2,(H,17,18). The molecule has 0 spiro atoms. The first kappa shape index (κ1) is 12.6. The highest BCUT2D eigenvalue weighted by atomic mass is 35.5. The van der Waals surface area contributed by atoms with Crippen LogP contribution >= 0.6 is 11.6 Å². The second kappa shape index (κ2) is 5.19. The van der Waals surface area contributed by atoms with E-state index in [0.717, 1.165) is 0 Å². The van der Waals surface area contributed by atoms with Gasteiger partial charge in [0.15, 0.2) is 0 Å². The first-order chi connectivity index (χ1) is 8.59. The van der Waals surface area contributed by atoms with E-state index in [0.29, 0.717) is 21.4 Å². The summed E-state index contributed by atoms with van der Waals surface area (Å²) in [5.41, 5.74) is 0.421. The van der Waals surface area contributed by atoms with Crippen molar-refractivity contribution >= 4 is 28.3 Å². The lowest BCUT2D eigenvalue weighted by Gasteiger charge is -2.08. The summed E-state index contributed by atoms with van der Waals surface area (Å²) in [5.74, 6) is -0.642. The lowest BCUT2D eigenvalue weighted by atomic mass is 10.0. The Morgan fingerprint density at radius 2 is 1.89 bits per heavy atom. The van der Waals surface area contributed by atoms with Gasteiger partial charge in [-0.1, -0.05) is 42.4 Å². The lowest BCUT2D eigenvalue weighted by Crippen LogP contribution is -2.24. The van der Waals surface area contributed by atoms with Crippen molar-refractivity contribution in [2.45, 2.75) is 0 Å². The Morgan fingerprint density at radius 1 is 1.22 bits per heavy atom. The molecule has 2 rings (SSSR count). The van der Waals surface area contributed by atoms with Crippen LogP contribution in [0, 0.1) is 5.82 Å². The second-order valence-electron chi connectivity index (χ2n) is 3.84. The van der Waals surface area contributed by atoms with Gasteiger partial charge in [-0.05, 0) is 17.5 Å². The van der Waals surface area contributed by atoms with E-state index in [1.54, 1.807) is 24.3 Å². The van der Waals surface area contributed by atoms with E-state index in [2.05, 4.69) is 11.9 Å². The molecule has 0 aromatic heterocycles. The van der Waals surface area contributed by atoms with Crippen molar-refractivity contribution in [1.29, 1.82) is 0 Å². The summed E-state index contributed by atoms with van der Waals surface area (Å²) in [7, 11) is 0. The Labute approximate surface area is 109 Å². The van der Waals surface area contributed by atoms with Crippen molar-refractivity contribution in [1.82, 2.24) is 5.32 Å². The topological polar surface area (TPSA) is 29.1 Å². The molecule has 0 aliphatic carbocycles. The zero-order chi connectivity index (χ0) is 13.1. The van der Waals surface area contributed by atoms with Crippen LogP contribution < -0.4 is 5.32 Å². The molecule has 2 aromatic rings. The van der Waals surface area contributed by atoms with Gasteiger partial charge in [-0.3, -0.25) is 4.79 Å². The van der Waals surface area contributed by atoms with Gasteiger partial charge in [0.05, 0.1) is 6.54 Å². The summed E-state index contributed by atoms with van der Waals surface area (Å²) in [5, 5.41) is 3.96. The molecule has 0 atom stereocenters. The number of nitrogens with one attached hydrogen (secondary N) is 1. The van der Waals surface area contributed by atoms with Gasteiger partial charge in [-0.2, -0.15) is 0 Å². The normalized spacial score (nSPS) is 10.3. The van der Waals surface area contributed by atoms with Crippen molar-refractivity contribution in [3.63, 3.8) is 0 Å². The van der Waals surface area contributed by atoms with Crippen LogP contribution in [0.5, 0.6) is 0 Å². The monoisotopic (exact) mass is 263 g/mol. The van der Waals surface area contributed by atoms with Gasteiger partial charge in [0.2, 0.25) is 0 Å². The van der Waals surface area contributed by atoms with Crippen LogP contribution in [0.15, 0.2) is 48.0 Å². The van der Waals surface area contributed by atoms with Gasteiger partial charge in [0, 0.05) is 16.0 Å². The summed E-state index contributed by atoms with van der Waals surface area (Å²) < 4.78 is 13.6. The highest BCUT2D eigenvalue weighted by molar-refractivity contribution is 6.29. The Morgan fingerprint density at radius 3 is 2.56 bits per heavy atom. The molecular weight excluding hydrogens is 253 g/mol. The molecule has 1 N–H and O–H groups in total. The van der Waals surface area contributed by atoms with E-state index >= 15 is 0 Å². The smallest absolute Gasteiger partial charge is 0.252 e. The van der Waals surface area contributed by atoms with Gasteiger partial charge in [-0.15, -0.1) is 0 Å². The Bertz CT molecular complexity index is 624. The van der Waals surface area contributed by atoms with Gasteiger partial charge < -0.3 is 5.32 Å².